The standard InChI is InChI=1S/C12H16BrN3O/c13-10-4-3-5-11(15-10)14-7-6-12(17)16-8-1-2-9-16/h3-5H,1-2,6-9H2,(H,14,15). The van der Waals surface area contributed by atoms with Crippen molar-refractivity contribution < 1.29 is 4.79 Å². The normalized spacial score (nSPS) is 15.0. The molecule has 1 aromatic rings. The molecule has 0 aliphatic carbocycles. The minimum atomic E-state index is 0.241. The number of hydrogen-bond acceptors (Lipinski definition) is 3. The summed E-state index contributed by atoms with van der Waals surface area (Å²) in [5, 5.41) is 3.15. The highest BCUT2D eigenvalue weighted by Gasteiger charge is 2.16. The van der Waals surface area contributed by atoms with E-state index in [1.165, 1.54) is 0 Å². The number of nitrogens with one attached hydrogen (secondary N) is 1. The lowest BCUT2D eigenvalue weighted by Crippen LogP contribution is -2.29. The van der Waals surface area contributed by atoms with E-state index in [0.29, 0.717) is 13.0 Å². The Morgan fingerprint density at radius 3 is 2.88 bits per heavy atom. The largest absolute Gasteiger partial charge is 0.370 e. The molecule has 0 atom stereocenters. The Balaban J connectivity index is 1.73. The van der Waals surface area contributed by atoms with Gasteiger partial charge in [-0.3, -0.25) is 4.79 Å². The number of amides is 1. The van der Waals surface area contributed by atoms with Crippen LogP contribution in [0.3, 0.4) is 0 Å². The Bertz CT molecular complexity index is 391. The number of halogens is 1. The van der Waals surface area contributed by atoms with Gasteiger partial charge in [-0.05, 0) is 40.9 Å². The molecule has 2 heterocycles. The van der Waals surface area contributed by atoms with Gasteiger partial charge < -0.3 is 10.2 Å². The van der Waals surface area contributed by atoms with Crippen molar-refractivity contribution in [1.29, 1.82) is 0 Å². The number of nitrogens with zero attached hydrogens (tertiary/aromatic N) is 2. The molecular weight excluding hydrogens is 282 g/mol. The van der Waals surface area contributed by atoms with E-state index in [-0.39, 0.29) is 5.91 Å². The average Bonchev–Trinajstić information content (AvgIpc) is 2.82. The van der Waals surface area contributed by atoms with Crippen molar-refractivity contribution in [2.75, 3.05) is 25.0 Å². The molecule has 1 N–H and O–H groups in total. The molecular formula is C12H16BrN3O. The maximum Gasteiger partial charge on any atom is 0.224 e. The number of carbonyl (C=O) groups excluding carboxylic acids is 1. The van der Waals surface area contributed by atoms with Crippen LogP contribution in [0.15, 0.2) is 22.8 Å². The smallest absolute Gasteiger partial charge is 0.224 e. The Hall–Kier alpha value is -1.10. The predicted octanol–water partition coefficient (Wildman–Crippen LogP) is 2.27. The van der Waals surface area contributed by atoms with Crippen molar-refractivity contribution in [2.45, 2.75) is 19.3 Å². The summed E-state index contributed by atoms with van der Waals surface area (Å²) >= 11 is 3.31. The number of rotatable bonds is 4. The van der Waals surface area contributed by atoms with Gasteiger partial charge in [-0.15, -0.1) is 0 Å². The summed E-state index contributed by atoms with van der Waals surface area (Å²) < 4.78 is 0.799. The zero-order valence-corrected chi connectivity index (χ0v) is 11.2. The van der Waals surface area contributed by atoms with E-state index in [2.05, 4.69) is 26.2 Å². The van der Waals surface area contributed by atoms with Gasteiger partial charge in [0.2, 0.25) is 5.91 Å². The first kappa shape index (κ1) is 12.4. The third-order valence-corrected chi connectivity index (χ3v) is 3.26. The van der Waals surface area contributed by atoms with Crippen molar-refractivity contribution in [3.05, 3.63) is 22.8 Å². The van der Waals surface area contributed by atoms with Crippen molar-refractivity contribution in [2.24, 2.45) is 0 Å². The van der Waals surface area contributed by atoms with Crippen molar-refractivity contribution in [3.63, 3.8) is 0 Å². The maximum absolute atomic E-state index is 11.8. The van der Waals surface area contributed by atoms with E-state index in [4.69, 9.17) is 0 Å². The van der Waals surface area contributed by atoms with Crippen LogP contribution in [0.4, 0.5) is 5.82 Å². The van der Waals surface area contributed by atoms with Crippen molar-refractivity contribution in [3.8, 4) is 0 Å². The lowest BCUT2D eigenvalue weighted by atomic mass is 10.3. The van der Waals surface area contributed by atoms with E-state index < -0.39 is 0 Å². The lowest BCUT2D eigenvalue weighted by molar-refractivity contribution is -0.129. The number of hydrogen-bond donors (Lipinski definition) is 1. The molecule has 0 aromatic carbocycles. The van der Waals surface area contributed by atoms with E-state index in [0.717, 1.165) is 36.4 Å². The molecule has 92 valence electrons. The second-order valence-electron chi connectivity index (χ2n) is 4.11. The number of anilines is 1. The van der Waals surface area contributed by atoms with Crippen LogP contribution in [0.5, 0.6) is 0 Å². The van der Waals surface area contributed by atoms with Crippen LogP contribution in [0.1, 0.15) is 19.3 Å². The lowest BCUT2D eigenvalue weighted by Gasteiger charge is -2.15. The highest BCUT2D eigenvalue weighted by Crippen LogP contribution is 2.11. The highest BCUT2D eigenvalue weighted by molar-refractivity contribution is 9.10. The monoisotopic (exact) mass is 297 g/mol. The Labute approximate surface area is 110 Å². The van der Waals surface area contributed by atoms with Gasteiger partial charge in [0.05, 0.1) is 0 Å². The minimum absolute atomic E-state index is 0.241. The average molecular weight is 298 g/mol. The van der Waals surface area contributed by atoms with Gasteiger partial charge in [-0.2, -0.15) is 0 Å². The van der Waals surface area contributed by atoms with E-state index >= 15 is 0 Å². The Kier molecular flexibility index (Phi) is 4.36. The number of pyridine rings is 1. The summed E-state index contributed by atoms with van der Waals surface area (Å²) in [6, 6.07) is 5.69. The molecule has 0 bridgehead atoms. The zero-order valence-electron chi connectivity index (χ0n) is 9.66. The SMILES string of the molecule is O=C(CCNc1cccc(Br)n1)N1CCCC1. The van der Waals surface area contributed by atoms with Gasteiger partial charge >= 0.3 is 0 Å². The molecule has 4 nitrogen and oxygen atoms in total. The summed E-state index contributed by atoms with van der Waals surface area (Å²) in [7, 11) is 0. The van der Waals surface area contributed by atoms with Crippen LogP contribution in [0.2, 0.25) is 0 Å². The molecule has 1 amide bonds. The molecule has 1 aliphatic rings. The van der Waals surface area contributed by atoms with Gasteiger partial charge in [0, 0.05) is 26.1 Å². The molecule has 5 heteroatoms. The molecule has 1 fully saturated rings. The zero-order chi connectivity index (χ0) is 12.1. The summed E-state index contributed by atoms with van der Waals surface area (Å²) in [6.07, 6.45) is 2.83. The summed E-state index contributed by atoms with van der Waals surface area (Å²) in [5.41, 5.74) is 0. The molecule has 1 aromatic heterocycles. The fraction of sp³-hybridized carbons (Fsp3) is 0.500. The molecule has 1 saturated heterocycles. The van der Waals surface area contributed by atoms with Crippen LogP contribution in [0, 0.1) is 0 Å². The predicted molar refractivity (Wildman–Crippen MR) is 70.9 cm³/mol. The first-order valence-electron chi connectivity index (χ1n) is 5.90. The Morgan fingerprint density at radius 1 is 1.41 bits per heavy atom. The van der Waals surface area contributed by atoms with Crippen LogP contribution in [0.25, 0.3) is 0 Å². The van der Waals surface area contributed by atoms with Crippen molar-refractivity contribution >= 4 is 27.7 Å². The quantitative estimate of drug-likeness (QED) is 0.867. The van der Waals surface area contributed by atoms with Crippen LogP contribution in [-0.2, 0) is 4.79 Å². The van der Waals surface area contributed by atoms with Crippen LogP contribution >= 0.6 is 15.9 Å². The summed E-state index contributed by atoms with van der Waals surface area (Å²) in [5.74, 6) is 1.04. The van der Waals surface area contributed by atoms with Gasteiger partial charge in [0.25, 0.3) is 0 Å². The van der Waals surface area contributed by atoms with Crippen LogP contribution in [-0.4, -0.2) is 35.4 Å². The van der Waals surface area contributed by atoms with E-state index in [1.54, 1.807) is 0 Å². The fourth-order valence-electron chi connectivity index (χ4n) is 1.93. The topological polar surface area (TPSA) is 45.2 Å². The van der Waals surface area contributed by atoms with Gasteiger partial charge in [0.15, 0.2) is 0 Å². The fourth-order valence-corrected chi connectivity index (χ4v) is 2.27. The maximum atomic E-state index is 11.8. The third-order valence-electron chi connectivity index (χ3n) is 2.82. The molecule has 2 rings (SSSR count). The number of aromatic nitrogens is 1. The van der Waals surface area contributed by atoms with E-state index in [1.807, 2.05) is 23.1 Å². The first-order chi connectivity index (χ1) is 8.25. The first-order valence-corrected chi connectivity index (χ1v) is 6.69. The third kappa shape index (κ3) is 3.70. The summed E-state index contributed by atoms with van der Waals surface area (Å²) in [4.78, 5) is 17.9. The van der Waals surface area contributed by atoms with Crippen LogP contribution < -0.4 is 5.32 Å². The Morgan fingerprint density at radius 2 is 2.18 bits per heavy atom. The van der Waals surface area contributed by atoms with E-state index in [9.17, 15) is 4.79 Å². The highest BCUT2D eigenvalue weighted by atomic mass is 79.9. The minimum Gasteiger partial charge on any atom is -0.370 e. The second-order valence-corrected chi connectivity index (χ2v) is 4.92. The number of carbonyl (C=O) groups is 1. The molecule has 0 saturated carbocycles. The molecule has 0 spiro atoms. The molecule has 1 aliphatic heterocycles. The molecule has 0 unspecified atom stereocenters. The number of likely N-dealkylation sites (tertiary alicyclic amines) is 1. The molecule has 0 radical (unpaired) electrons. The molecule has 17 heavy (non-hydrogen) atoms. The van der Waals surface area contributed by atoms with Gasteiger partial charge in [-0.25, -0.2) is 4.98 Å². The second kappa shape index (κ2) is 6.00. The van der Waals surface area contributed by atoms with Crippen molar-refractivity contribution in [1.82, 2.24) is 9.88 Å². The van der Waals surface area contributed by atoms with Gasteiger partial charge in [-0.1, -0.05) is 6.07 Å². The summed E-state index contributed by atoms with van der Waals surface area (Å²) in [6.45, 7) is 2.49. The van der Waals surface area contributed by atoms with Gasteiger partial charge in [0.1, 0.15) is 10.4 Å².